The van der Waals surface area contributed by atoms with Gasteiger partial charge in [0.15, 0.2) is 0 Å². The van der Waals surface area contributed by atoms with Gasteiger partial charge in [-0.1, -0.05) is 46.4 Å². The van der Waals surface area contributed by atoms with Crippen molar-refractivity contribution in [2.75, 3.05) is 13.1 Å². The molecule has 3 atom stereocenters. The third-order valence-corrected chi connectivity index (χ3v) is 8.28. The second-order valence-corrected chi connectivity index (χ2v) is 11.0. The fourth-order valence-corrected chi connectivity index (χ4v) is 6.32. The van der Waals surface area contributed by atoms with Crippen molar-refractivity contribution in [1.29, 1.82) is 0 Å². The molecule has 1 heterocycles. The molecule has 2 aromatic carbocycles. The van der Waals surface area contributed by atoms with E-state index in [4.69, 9.17) is 62.0 Å². The van der Waals surface area contributed by atoms with E-state index in [2.05, 4.69) is 4.90 Å². The zero-order chi connectivity index (χ0) is 22.5. The maximum Gasteiger partial charge on any atom is 0.239 e. The fraction of sp³-hybridized carbons (Fsp3) is 0.400. The van der Waals surface area contributed by atoms with Gasteiger partial charge in [0.2, 0.25) is 10.0 Å². The van der Waals surface area contributed by atoms with Gasteiger partial charge in [0.25, 0.3) is 0 Å². The van der Waals surface area contributed by atoms with Crippen LogP contribution in [0.25, 0.3) is 0 Å². The number of hydrogen-bond acceptors (Lipinski definition) is 5. The van der Waals surface area contributed by atoms with Gasteiger partial charge in [-0.15, -0.1) is 0 Å². The summed E-state index contributed by atoms with van der Waals surface area (Å²) in [5, 5.41) is 6.08. The third-order valence-electron chi connectivity index (χ3n) is 5.79. The van der Waals surface area contributed by atoms with E-state index in [0.717, 1.165) is 37.1 Å². The molecule has 1 fully saturated rings. The van der Waals surface area contributed by atoms with Crippen LogP contribution in [0.15, 0.2) is 29.2 Å². The first-order valence-electron chi connectivity index (χ1n) is 9.71. The number of rotatable bonds is 4. The molecule has 1 aliphatic carbocycles. The molecule has 2 aliphatic rings. The molecular weight excluding hydrogens is 504 g/mol. The van der Waals surface area contributed by atoms with Crippen LogP contribution in [0.2, 0.25) is 20.1 Å². The number of fused-ring (bicyclic) bond motifs is 1. The molecule has 2 aromatic rings. The SMILES string of the molecule is N[C@@H]1CCCN([C@@H]2Cc3c(Cl)cc(Cl)cc3[C@@H]2Oc2ccc(S(N)(=O)=O)c(Cl)c2Cl)C1. The first kappa shape index (κ1) is 23.4. The van der Waals surface area contributed by atoms with Crippen LogP contribution in [0.5, 0.6) is 5.75 Å². The van der Waals surface area contributed by atoms with Crippen LogP contribution in [0.1, 0.15) is 30.1 Å². The van der Waals surface area contributed by atoms with Crippen molar-refractivity contribution in [3.63, 3.8) is 0 Å². The van der Waals surface area contributed by atoms with Gasteiger partial charge in [0.1, 0.15) is 21.8 Å². The van der Waals surface area contributed by atoms with E-state index in [-0.39, 0.29) is 32.8 Å². The first-order chi connectivity index (χ1) is 14.6. The van der Waals surface area contributed by atoms with Crippen LogP contribution >= 0.6 is 46.4 Å². The Morgan fingerprint density at radius 2 is 1.84 bits per heavy atom. The number of sulfonamides is 1. The minimum Gasteiger partial charge on any atom is -0.482 e. The van der Waals surface area contributed by atoms with Crippen LogP contribution in [0.4, 0.5) is 0 Å². The Hall–Kier alpha value is -0.770. The summed E-state index contributed by atoms with van der Waals surface area (Å²) < 4.78 is 29.8. The lowest BCUT2D eigenvalue weighted by Gasteiger charge is -2.38. The van der Waals surface area contributed by atoms with E-state index in [9.17, 15) is 8.42 Å². The molecule has 0 radical (unpaired) electrons. The summed E-state index contributed by atoms with van der Waals surface area (Å²) in [5.41, 5.74) is 8.04. The fourth-order valence-electron chi connectivity index (χ4n) is 4.38. The quantitative estimate of drug-likeness (QED) is 0.617. The molecule has 0 amide bonds. The number of nitrogens with two attached hydrogens (primary N) is 2. The van der Waals surface area contributed by atoms with Crippen molar-refractivity contribution < 1.29 is 13.2 Å². The topological polar surface area (TPSA) is 98.6 Å². The minimum absolute atomic E-state index is 0.0242. The van der Waals surface area contributed by atoms with E-state index >= 15 is 0 Å². The van der Waals surface area contributed by atoms with Crippen molar-refractivity contribution in [2.24, 2.45) is 10.9 Å². The van der Waals surface area contributed by atoms with Crippen molar-refractivity contribution in [3.05, 3.63) is 55.5 Å². The lowest BCUT2D eigenvalue weighted by Crippen LogP contribution is -2.49. The normalized spacial score (nSPS) is 24.3. The average molecular weight is 525 g/mol. The molecule has 1 saturated heterocycles. The molecule has 4 rings (SSSR count). The van der Waals surface area contributed by atoms with E-state index in [1.54, 1.807) is 6.07 Å². The monoisotopic (exact) mass is 523 g/mol. The number of benzene rings is 2. The molecule has 1 aliphatic heterocycles. The summed E-state index contributed by atoms with van der Waals surface area (Å²) in [6, 6.07) is 6.34. The van der Waals surface area contributed by atoms with Crippen LogP contribution in [0, 0.1) is 0 Å². The van der Waals surface area contributed by atoms with Gasteiger partial charge >= 0.3 is 0 Å². The molecule has 4 N–H and O–H groups in total. The van der Waals surface area contributed by atoms with Crippen molar-refractivity contribution in [2.45, 2.75) is 42.3 Å². The smallest absolute Gasteiger partial charge is 0.239 e. The van der Waals surface area contributed by atoms with Crippen molar-refractivity contribution in [1.82, 2.24) is 4.90 Å². The lowest BCUT2D eigenvalue weighted by atomic mass is 10.0. The highest BCUT2D eigenvalue weighted by atomic mass is 35.5. The second kappa shape index (κ2) is 8.88. The molecule has 0 aromatic heterocycles. The largest absolute Gasteiger partial charge is 0.482 e. The maximum absolute atomic E-state index is 11.7. The lowest BCUT2D eigenvalue weighted by molar-refractivity contribution is 0.0593. The zero-order valence-electron chi connectivity index (χ0n) is 16.3. The van der Waals surface area contributed by atoms with Crippen LogP contribution in [0.3, 0.4) is 0 Å². The molecule has 6 nitrogen and oxygen atoms in total. The van der Waals surface area contributed by atoms with E-state index < -0.39 is 16.1 Å². The van der Waals surface area contributed by atoms with E-state index in [1.165, 1.54) is 12.1 Å². The Morgan fingerprint density at radius 3 is 2.52 bits per heavy atom. The number of hydrogen-bond donors (Lipinski definition) is 2. The standard InChI is InChI=1S/C20H21Cl4N3O3S/c21-10-6-13-12(14(22)7-10)8-15(27-5-1-2-11(25)9-27)20(13)30-16-3-4-17(31(26,28)29)19(24)18(16)23/h3-4,6-7,11,15,20H,1-2,5,8-9,25H2,(H2,26,28,29)/t11-,15-,20+/m1/s1. The first-order valence-corrected chi connectivity index (χ1v) is 12.8. The Kier molecular flexibility index (Phi) is 6.70. The van der Waals surface area contributed by atoms with Gasteiger partial charge in [0, 0.05) is 28.2 Å². The number of likely N-dealkylation sites (tertiary alicyclic amines) is 1. The van der Waals surface area contributed by atoms with Gasteiger partial charge in [-0.2, -0.15) is 0 Å². The maximum atomic E-state index is 11.7. The van der Waals surface area contributed by atoms with Gasteiger partial charge in [-0.05, 0) is 55.6 Å². The second-order valence-electron chi connectivity index (χ2n) is 7.90. The number of primary sulfonamides is 1. The summed E-state index contributed by atoms with van der Waals surface area (Å²) in [4.78, 5) is 2.04. The molecule has 11 heteroatoms. The molecule has 168 valence electrons. The Morgan fingerprint density at radius 1 is 1.10 bits per heavy atom. The third kappa shape index (κ3) is 4.66. The summed E-state index contributed by atoms with van der Waals surface area (Å²) in [6.45, 7) is 1.62. The molecular formula is C20H21Cl4N3O3S. The summed E-state index contributed by atoms with van der Waals surface area (Å²) in [5.74, 6) is 0.249. The zero-order valence-corrected chi connectivity index (χ0v) is 20.2. The molecule has 0 saturated carbocycles. The van der Waals surface area contributed by atoms with E-state index in [0.29, 0.717) is 16.5 Å². The summed E-state index contributed by atoms with van der Waals surface area (Å²) >= 11 is 25.3. The van der Waals surface area contributed by atoms with Gasteiger partial charge in [-0.3, -0.25) is 4.90 Å². The number of ether oxygens (including phenoxy) is 1. The van der Waals surface area contributed by atoms with Crippen molar-refractivity contribution in [3.8, 4) is 5.75 Å². The summed E-state index contributed by atoms with van der Waals surface area (Å²) in [6.07, 6.45) is 2.20. The van der Waals surface area contributed by atoms with Crippen LogP contribution in [-0.2, 0) is 16.4 Å². The number of halogens is 4. The average Bonchev–Trinajstić information content (AvgIpc) is 3.03. The molecule has 31 heavy (non-hydrogen) atoms. The number of nitrogens with zero attached hydrogens (tertiary/aromatic N) is 1. The Balaban J connectivity index is 1.74. The predicted molar refractivity (Wildman–Crippen MR) is 124 cm³/mol. The highest BCUT2D eigenvalue weighted by Gasteiger charge is 2.41. The van der Waals surface area contributed by atoms with E-state index in [1.807, 2.05) is 6.07 Å². The van der Waals surface area contributed by atoms with Crippen LogP contribution in [-0.4, -0.2) is 38.5 Å². The molecule has 0 bridgehead atoms. The van der Waals surface area contributed by atoms with Gasteiger partial charge < -0.3 is 10.5 Å². The van der Waals surface area contributed by atoms with Gasteiger partial charge in [0.05, 0.1) is 11.1 Å². The highest BCUT2D eigenvalue weighted by Crippen LogP contribution is 2.45. The summed E-state index contributed by atoms with van der Waals surface area (Å²) in [7, 11) is -4.02. The number of piperidine rings is 1. The molecule has 0 spiro atoms. The Labute approximate surface area is 201 Å². The highest BCUT2D eigenvalue weighted by molar-refractivity contribution is 7.89. The van der Waals surface area contributed by atoms with Gasteiger partial charge in [-0.25, -0.2) is 13.6 Å². The minimum atomic E-state index is -4.02. The molecule has 0 unspecified atom stereocenters. The predicted octanol–water partition coefficient (Wildman–Crippen LogP) is 4.42. The van der Waals surface area contributed by atoms with Crippen molar-refractivity contribution >= 4 is 56.4 Å². The Bertz CT molecular complexity index is 1130. The van der Waals surface area contributed by atoms with Crippen LogP contribution < -0.4 is 15.6 Å².